The van der Waals surface area contributed by atoms with Gasteiger partial charge in [-0.25, -0.2) is 9.59 Å². The molecular formula is C14H22N4O3. The van der Waals surface area contributed by atoms with Crippen LogP contribution < -0.4 is 0 Å². The van der Waals surface area contributed by atoms with Crippen LogP contribution in [0.2, 0.25) is 0 Å². The maximum atomic E-state index is 12.5. The van der Waals surface area contributed by atoms with Crippen molar-refractivity contribution in [2.75, 3.05) is 13.6 Å². The molecule has 0 saturated carbocycles. The maximum Gasteiger partial charge on any atom is 0.326 e. The molecule has 21 heavy (non-hydrogen) atoms. The summed E-state index contributed by atoms with van der Waals surface area (Å²) in [6, 6.07) is -0.940. The van der Waals surface area contributed by atoms with E-state index in [1.54, 1.807) is 22.8 Å². The third-order valence-corrected chi connectivity index (χ3v) is 3.79. The van der Waals surface area contributed by atoms with Crippen molar-refractivity contribution in [2.24, 2.45) is 7.05 Å². The summed E-state index contributed by atoms with van der Waals surface area (Å²) in [4.78, 5) is 27.0. The van der Waals surface area contributed by atoms with Crippen molar-refractivity contribution < 1.29 is 14.7 Å². The smallest absolute Gasteiger partial charge is 0.326 e. The van der Waals surface area contributed by atoms with E-state index in [-0.39, 0.29) is 6.03 Å². The number of nitrogens with zero attached hydrogens (tertiary/aromatic N) is 4. The van der Waals surface area contributed by atoms with Crippen molar-refractivity contribution in [3.05, 3.63) is 18.0 Å². The standard InChI is InChI=1S/C14H22N4O3/c1-16(9-11-8-15-17(2)10-11)14(21)18-7-5-3-4-6-12(18)13(19)20/h8,10,12H,3-7,9H2,1-2H3,(H,19,20). The lowest BCUT2D eigenvalue weighted by Crippen LogP contribution is -2.49. The first-order valence-electron chi connectivity index (χ1n) is 7.21. The zero-order valence-electron chi connectivity index (χ0n) is 12.5. The summed E-state index contributed by atoms with van der Waals surface area (Å²) in [6.45, 7) is 0.933. The molecule has 0 aromatic carbocycles. The Bertz CT molecular complexity index is 514. The predicted molar refractivity (Wildman–Crippen MR) is 76.7 cm³/mol. The van der Waals surface area contributed by atoms with Crippen LogP contribution in [-0.2, 0) is 18.4 Å². The van der Waals surface area contributed by atoms with Gasteiger partial charge in [0.2, 0.25) is 0 Å². The molecule has 2 rings (SSSR count). The van der Waals surface area contributed by atoms with Crippen LogP contribution in [0.25, 0.3) is 0 Å². The van der Waals surface area contributed by atoms with Crippen LogP contribution in [-0.4, -0.2) is 56.3 Å². The van der Waals surface area contributed by atoms with Gasteiger partial charge in [0.25, 0.3) is 0 Å². The molecule has 1 fully saturated rings. The van der Waals surface area contributed by atoms with Crippen molar-refractivity contribution in [2.45, 2.75) is 38.3 Å². The summed E-state index contributed by atoms with van der Waals surface area (Å²) >= 11 is 0. The number of carbonyl (C=O) groups is 2. The normalized spacial score (nSPS) is 19.1. The Balaban J connectivity index is 2.06. The molecule has 0 radical (unpaired) electrons. The first-order valence-corrected chi connectivity index (χ1v) is 7.21. The molecule has 1 N–H and O–H groups in total. The molecule has 0 aliphatic carbocycles. The number of rotatable bonds is 3. The lowest BCUT2D eigenvalue weighted by Gasteiger charge is -2.31. The highest BCUT2D eigenvalue weighted by molar-refractivity contribution is 5.82. The van der Waals surface area contributed by atoms with Crippen molar-refractivity contribution in [1.82, 2.24) is 19.6 Å². The van der Waals surface area contributed by atoms with E-state index in [0.717, 1.165) is 24.8 Å². The molecule has 1 saturated heterocycles. The second-order valence-corrected chi connectivity index (χ2v) is 5.56. The Morgan fingerprint density at radius 3 is 2.81 bits per heavy atom. The molecular weight excluding hydrogens is 272 g/mol. The number of carboxylic acid groups (broad SMARTS) is 1. The molecule has 1 aromatic heterocycles. The molecule has 0 spiro atoms. The summed E-state index contributed by atoms with van der Waals surface area (Å²) in [6.07, 6.45) is 6.77. The van der Waals surface area contributed by atoms with E-state index >= 15 is 0 Å². The van der Waals surface area contributed by atoms with Gasteiger partial charge in [0, 0.05) is 32.4 Å². The Hall–Kier alpha value is -2.05. The third kappa shape index (κ3) is 3.74. The van der Waals surface area contributed by atoms with Crippen LogP contribution in [0.5, 0.6) is 0 Å². The molecule has 116 valence electrons. The van der Waals surface area contributed by atoms with E-state index in [1.807, 2.05) is 13.2 Å². The highest BCUT2D eigenvalue weighted by Gasteiger charge is 2.32. The van der Waals surface area contributed by atoms with Crippen molar-refractivity contribution >= 4 is 12.0 Å². The van der Waals surface area contributed by atoms with Gasteiger partial charge in [-0.1, -0.05) is 12.8 Å². The fraction of sp³-hybridized carbons (Fsp3) is 0.643. The molecule has 1 aliphatic heterocycles. The second-order valence-electron chi connectivity index (χ2n) is 5.56. The van der Waals surface area contributed by atoms with Gasteiger partial charge in [-0.2, -0.15) is 5.10 Å². The van der Waals surface area contributed by atoms with E-state index in [2.05, 4.69) is 5.10 Å². The summed E-state index contributed by atoms with van der Waals surface area (Å²) < 4.78 is 1.68. The fourth-order valence-corrected chi connectivity index (χ4v) is 2.71. The number of likely N-dealkylation sites (tertiary alicyclic amines) is 1. The molecule has 1 atom stereocenters. The van der Waals surface area contributed by atoms with Gasteiger partial charge in [0.05, 0.1) is 12.7 Å². The summed E-state index contributed by atoms with van der Waals surface area (Å²) in [5, 5.41) is 13.4. The van der Waals surface area contributed by atoms with Crippen LogP contribution in [0.4, 0.5) is 4.79 Å². The zero-order valence-corrected chi connectivity index (χ0v) is 12.5. The van der Waals surface area contributed by atoms with Gasteiger partial charge in [-0.15, -0.1) is 0 Å². The number of aliphatic carboxylic acids is 1. The molecule has 2 amide bonds. The maximum absolute atomic E-state index is 12.5. The largest absolute Gasteiger partial charge is 0.480 e. The number of carboxylic acids is 1. The Morgan fingerprint density at radius 2 is 2.19 bits per heavy atom. The predicted octanol–water partition coefficient (Wildman–Crippen LogP) is 1.30. The molecule has 2 heterocycles. The van der Waals surface area contributed by atoms with E-state index in [4.69, 9.17) is 0 Å². The molecule has 7 nitrogen and oxygen atoms in total. The Kier molecular flexibility index (Phi) is 4.82. The number of aryl methyl sites for hydroxylation is 1. The number of hydrogen-bond acceptors (Lipinski definition) is 3. The van der Waals surface area contributed by atoms with Crippen molar-refractivity contribution in [3.63, 3.8) is 0 Å². The molecule has 7 heteroatoms. The Morgan fingerprint density at radius 1 is 1.43 bits per heavy atom. The quantitative estimate of drug-likeness (QED) is 0.911. The van der Waals surface area contributed by atoms with Gasteiger partial charge in [-0.05, 0) is 12.8 Å². The van der Waals surface area contributed by atoms with Gasteiger partial charge in [0.15, 0.2) is 0 Å². The highest BCUT2D eigenvalue weighted by Crippen LogP contribution is 2.19. The summed E-state index contributed by atoms with van der Waals surface area (Å²) in [7, 11) is 3.51. The van der Waals surface area contributed by atoms with Gasteiger partial charge in [-0.3, -0.25) is 4.68 Å². The van der Waals surface area contributed by atoms with Crippen LogP contribution in [0.1, 0.15) is 31.2 Å². The lowest BCUT2D eigenvalue weighted by atomic mass is 10.1. The topological polar surface area (TPSA) is 78.7 Å². The van der Waals surface area contributed by atoms with Crippen LogP contribution in [0.3, 0.4) is 0 Å². The van der Waals surface area contributed by atoms with Crippen LogP contribution in [0, 0.1) is 0 Å². The Labute approximate surface area is 124 Å². The highest BCUT2D eigenvalue weighted by atomic mass is 16.4. The minimum atomic E-state index is -0.917. The number of aromatic nitrogens is 2. The van der Waals surface area contributed by atoms with E-state index in [0.29, 0.717) is 19.5 Å². The van der Waals surface area contributed by atoms with Crippen molar-refractivity contribution in [1.29, 1.82) is 0 Å². The second kappa shape index (κ2) is 6.60. The number of hydrogen-bond donors (Lipinski definition) is 1. The van der Waals surface area contributed by atoms with Crippen LogP contribution >= 0.6 is 0 Å². The summed E-state index contributed by atoms with van der Waals surface area (Å²) in [5.74, 6) is -0.917. The van der Waals surface area contributed by atoms with Gasteiger partial charge in [0.1, 0.15) is 6.04 Å². The monoisotopic (exact) mass is 294 g/mol. The molecule has 0 bridgehead atoms. The van der Waals surface area contributed by atoms with E-state index < -0.39 is 12.0 Å². The average Bonchev–Trinajstić information content (AvgIpc) is 2.71. The fourth-order valence-electron chi connectivity index (χ4n) is 2.71. The average molecular weight is 294 g/mol. The molecule has 1 aromatic rings. The summed E-state index contributed by atoms with van der Waals surface area (Å²) in [5.41, 5.74) is 0.926. The molecule has 1 unspecified atom stereocenters. The first-order chi connectivity index (χ1) is 9.99. The van der Waals surface area contributed by atoms with Crippen molar-refractivity contribution in [3.8, 4) is 0 Å². The molecule has 1 aliphatic rings. The minimum absolute atomic E-state index is 0.229. The van der Waals surface area contributed by atoms with Crippen LogP contribution in [0.15, 0.2) is 12.4 Å². The number of urea groups is 1. The SMILES string of the molecule is CN(Cc1cnn(C)c1)C(=O)N1CCCCCC1C(=O)O. The van der Waals surface area contributed by atoms with E-state index in [1.165, 1.54) is 4.90 Å². The number of amides is 2. The first kappa shape index (κ1) is 15.3. The lowest BCUT2D eigenvalue weighted by molar-refractivity contribution is -0.142. The third-order valence-electron chi connectivity index (χ3n) is 3.79. The van der Waals surface area contributed by atoms with Gasteiger partial charge < -0.3 is 14.9 Å². The van der Waals surface area contributed by atoms with E-state index in [9.17, 15) is 14.7 Å². The minimum Gasteiger partial charge on any atom is -0.480 e. The van der Waals surface area contributed by atoms with Gasteiger partial charge >= 0.3 is 12.0 Å². The number of carbonyl (C=O) groups excluding carboxylic acids is 1. The zero-order chi connectivity index (χ0) is 15.4.